The number of aromatic nitrogens is 1. The van der Waals surface area contributed by atoms with Gasteiger partial charge in [-0.25, -0.2) is 0 Å². The number of benzene rings is 1. The molecule has 0 radical (unpaired) electrons. The number of amides is 1. The minimum Gasteiger partial charge on any atom is -0.321 e. The topological polar surface area (TPSA) is 42.0 Å². The number of carbonyl (C=O) groups is 1. The maximum absolute atomic E-state index is 11.9. The lowest BCUT2D eigenvalue weighted by Gasteiger charge is -2.06. The van der Waals surface area contributed by atoms with Crippen molar-refractivity contribution in [3.63, 3.8) is 0 Å². The van der Waals surface area contributed by atoms with Crippen LogP contribution in [0, 0.1) is 6.92 Å². The number of anilines is 1. The van der Waals surface area contributed by atoms with Crippen LogP contribution >= 0.6 is 34.7 Å². The van der Waals surface area contributed by atoms with E-state index in [9.17, 15) is 4.79 Å². The number of hydrogen-bond acceptors (Lipinski definition) is 3. The van der Waals surface area contributed by atoms with Crippen molar-refractivity contribution < 1.29 is 4.79 Å². The van der Waals surface area contributed by atoms with Crippen LogP contribution in [0.15, 0.2) is 24.3 Å². The molecule has 0 unspecified atom stereocenters. The van der Waals surface area contributed by atoms with E-state index in [0.29, 0.717) is 4.88 Å². The van der Waals surface area contributed by atoms with Gasteiger partial charge in [-0.1, -0.05) is 41.4 Å². The minimum absolute atomic E-state index is 0.159. The third kappa shape index (κ3) is 2.60. The van der Waals surface area contributed by atoms with E-state index in [2.05, 4.69) is 9.69 Å². The molecule has 1 N–H and O–H groups in total. The molecule has 0 atom stereocenters. The molecule has 0 fully saturated rings. The minimum atomic E-state index is -0.297. The van der Waals surface area contributed by atoms with Gasteiger partial charge < -0.3 is 5.32 Å². The standard InChI is InChI=1S/C11H8Cl2N2OS/c1-6-4-2-3-5-7(6)14-11(16)9-8(12)10(13)15-17-9/h2-5H,1H3,(H,14,16). The van der Waals surface area contributed by atoms with Gasteiger partial charge in [0.15, 0.2) is 5.15 Å². The van der Waals surface area contributed by atoms with E-state index in [0.717, 1.165) is 22.8 Å². The van der Waals surface area contributed by atoms with Gasteiger partial charge >= 0.3 is 0 Å². The van der Waals surface area contributed by atoms with Crippen LogP contribution in [0.5, 0.6) is 0 Å². The molecule has 0 aliphatic carbocycles. The van der Waals surface area contributed by atoms with Crippen LogP contribution in [0.3, 0.4) is 0 Å². The summed E-state index contributed by atoms with van der Waals surface area (Å²) < 4.78 is 3.82. The van der Waals surface area contributed by atoms with Crippen molar-refractivity contribution in [3.8, 4) is 0 Å². The lowest BCUT2D eigenvalue weighted by atomic mass is 10.2. The molecule has 1 aromatic heterocycles. The van der Waals surface area contributed by atoms with Crippen molar-refractivity contribution in [2.75, 3.05) is 5.32 Å². The van der Waals surface area contributed by atoms with Gasteiger partial charge in [-0.05, 0) is 30.1 Å². The highest BCUT2D eigenvalue weighted by Gasteiger charge is 2.17. The maximum atomic E-state index is 11.9. The predicted octanol–water partition coefficient (Wildman–Crippen LogP) is 4.01. The molecule has 6 heteroatoms. The highest BCUT2D eigenvalue weighted by molar-refractivity contribution is 7.09. The molecule has 0 spiro atoms. The molecule has 1 heterocycles. The summed E-state index contributed by atoms with van der Waals surface area (Å²) in [5.74, 6) is -0.297. The highest BCUT2D eigenvalue weighted by Crippen LogP contribution is 2.29. The second kappa shape index (κ2) is 5.04. The molecule has 1 aromatic carbocycles. The molecule has 0 saturated heterocycles. The smallest absolute Gasteiger partial charge is 0.268 e. The Kier molecular flexibility index (Phi) is 3.66. The summed E-state index contributed by atoms with van der Waals surface area (Å²) in [5.41, 5.74) is 1.73. The molecular formula is C11H8Cl2N2OS. The lowest BCUT2D eigenvalue weighted by Crippen LogP contribution is -2.11. The Morgan fingerprint density at radius 1 is 1.35 bits per heavy atom. The van der Waals surface area contributed by atoms with Crippen LogP contribution < -0.4 is 5.32 Å². The largest absolute Gasteiger partial charge is 0.321 e. The van der Waals surface area contributed by atoms with E-state index in [-0.39, 0.29) is 16.1 Å². The first-order valence-corrected chi connectivity index (χ1v) is 6.30. The van der Waals surface area contributed by atoms with Gasteiger partial charge in [-0.15, -0.1) is 0 Å². The summed E-state index contributed by atoms with van der Waals surface area (Å²) in [5, 5.41) is 3.12. The summed E-state index contributed by atoms with van der Waals surface area (Å²) in [6.45, 7) is 1.91. The Bertz CT molecular complexity index is 568. The number of aryl methyl sites for hydroxylation is 1. The summed E-state index contributed by atoms with van der Waals surface area (Å²) in [6, 6.07) is 7.49. The Hall–Kier alpha value is -1.10. The van der Waals surface area contributed by atoms with Crippen LogP contribution in [-0.2, 0) is 0 Å². The number of hydrogen-bond donors (Lipinski definition) is 1. The number of nitrogens with one attached hydrogen (secondary N) is 1. The second-order valence-electron chi connectivity index (χ2n) is 3.39. The zero-order valence-corrected chi connectivity index (χ0v) is 11.2. The van der Waals surface area contributed by atoms with E-state index in [1.807, 2.05) is 31.2 Å². The van der Waals surface area contributed by atoms with Crippen LogP contribution in [-0.4, -0.2) is 10.3 Å². The van der Waals surface area contributed by atoms with Gasteiger partial charge in [0.05, 0.1) is 0 Å². The van der Waals surface area contributed by atoms with Crippen LogP contribution in [0.2, 0.25) is 10.2 Å². The summed E-state index contributed by atoms with van der Waals surface area (Å²) >= 11 is 12.5. The Labute approximate surface area is 113 Å². The van der Waals surface area contributed by atoms with Gasteiger partial charge in [0.2, 0.25) is 0 Å². The van der Waals surface area contributed by atoms with Crippen LogP contribution in [0.1, 0.15) is 15.2 Å². The molecule has 2 rings (SSSR count). The Morgan fingerprint density at radius 2 is 2.06 bits per heavy atom. The molecular weight excluding hydrogens is 279 g/mol. The fourth-order valence-electron chi connectivity index (χ4n) is 1.29. The molecule has 0 bridgehead atoms. The number of rotatable bonds is 2. The third-order valence-corrected chi connectivity index (χ3v) is 3.99. The normalized spacial score (nSPS) is 10.3. The van der Waals surface area contributed by atoms with Gasteiger partial charge in [0.25, 0.3) is 5.91 Å². The lowest BCUT2D eigenvalue weighted by molar-refractivity contribution is 0.103. The molecule has 0 aliphatic heterocycles. The summed E-state index contributed by atoms with van der Waals surface area (Å²) in [4.78, 5) is 12.2. The number of nitrogens with zero attached hydrogens (tertiary/aromatic N) is 1. The molecule has 0 saturated carbocycles. The first-order chi connectivity index (χ1) is 8.09. The van der Waals surface area contributed by atoms with Crippen molar-refractivity contribution in [2.45, 2.75) is 6.92 Å². The monoisotopic (exact) mass is 286 g/mol. The van der Waals surface area contributed by atoms with E-state index in [1.165, 1.54) is 0 Å². The molecule has 0 aliphatic rings. The quantitative estimate of drug-likeness (QED) is 0.906. The summed E-state index contributed by atoms with van der Waals surface area (Å²) in [6.07, 6.45) is 0. The van der Waals surface area contributed by atoms with Crippen molar-refractivity contribution in [3.05, 3.63) is 44.9 Å². The highest BCUT2D eigenvalue weighted by atomic mass is 35.5. The van der Waals surface area contributed by atoms with Crippen molar-refractivity contribution in [1.82, 2.24) is 4.37 Å². The van der Waals surface area contributed by atoms with Gasteiger partial charge in [-0.2, -0.15) is 4.37 Å². The first-order valence-electron chi connectivity index (χ1n) is 4.77. The Balaban J connectivity index is 2.23. The SMILES string of the molecule is Cc1ccccc1NC(=O)c1snc(Cl)c1Cl. The second-order valence-corrected chi connectivity index (χ2v) is 4.89. The van der Waals surface area contributed by atoms with E-state index >= 15 is 0 Å². The van der Waals surface area contributed by atoms with Crippen molar-refractivity contribution >= 4 is 46.3 Å². The van der Waals surface area contributed by atoms with E-state index in [4.69, 9.17) is 23.2 Å². The fourth-order valence-corrected chi connectivity index (χ4v) is 2.40. The third-order valence-electron chi connectivity index (χ3n) is 2.20. The van der Waals surface area contributed by atoms with Gasteiger partial charge in [0, 0.05) is 5.69 Å². The number of halogens is 2. The number of para-hydroxylation sites is 1. The number of carbonyl (C=O) groups excluding carboxylic acids is 1. The Morgan fingerprint density at radius 3 is 2.65 bits per heavy atom. The van der Waals surface area contributed by atoms with Crippen molar-refractivity contribution in [1.29, 1.82) is 0 Å². The predicted molar refractivity (Wildman–Crippen MR) is 71.3 cm³/mol. The van der Waals surface area contributed by atoms with E-state index < -0.39 is 0 Å². The molecule has 3 nitrogen and oxygen atoms in total. The van der Waals surface area contributed by atoms with Gasteiger partial charge in [0.1, 0.15) is 9.90 Å². The summed E-state index contributed by atoms with van der Waals surface area (Å²) in [7, 11) is 0. The average molecular weight is 287 g/mol. The fraction of sp³-hybridized carbons (Fsp3) is 0.0909. The molecule has 2 aromatic rings. The van der Waals surface area contributed by atoms with Crippen molar-refractivity contribution in [2.24, 2.45) is 0 Å². The molecule has 88 valence electrons. The maximum Gasteiger partial charge on any atom is 0.268 e. The average Bonchev–Trinajstić information content (AvgIpc) is 2.63. The zero-order valence-electron chi connectivity index (χ0n) is 8.83. The zero-order chi connectivity index (χ0) is 12.4. The van der Waals surface area contributed by atoms with Crippen LogP contribution in [0.4, 0.5) is 5.69 Å². The van der Waals surface area contributed by atoms with Crippen LogP contribution in [0.25, 0.3) is 0 Å². The van der Waals surface area contributed by atoms with Gasteiger partial charge in [-0.3, -0.25) is 4.79 Å². The van der Waals surface area contributed by atoms with E-state index in [1.54, 1.807) is 0 Å². The first kappa shape index (κ1) is 12.4. The molecule has 17 heavy (non-hydrogen) atoms. The molecule has 1 amide bonds.